The van der Waals surface area contributed by atoms with Gasteiger partial charge in [0.05, 0.1) is 11.3 Å². The highest BCUT2D eigenvalue weighted by molar-refractivity contribution is 7.89. The van der Waals surface area contributed by atoms with E-state index in [0.717, 1.165) is 6.07 Å². The largest absolute Gasteiger partial charge is 0.419 e. The zero-order valence-electron chi connectivity index (χ0n) is 10.2. The first-order valence-corrected chi connectivity index (χ1v) is 7.15. The van der Waals surface area contributed by atoms with Crippen LogP contribution in [0.25, 0.3) is 0 Å². The molecule has 2 N–H and O–H groups in total. The van der Waals surface area contributed by atoms with Gasteiger partial charge in [0.1, 0.15) is 5.82 Å². The van der Waals surface area contributed by atoms with Gasteiger partial charge in [-0.2, -0.15) is 13.2 Å². The molecule has 0 saturated heterocycles. The van der Waals surface area contributed by atoms with Gasteiger partial charge in [-0.1, -0.05) is 6.92 Å². The average molecular weight is 297 g/mol. The Morgan fingerprint density at radius 3 is 2.63 bits per heavy atom. The van der Waals surface area contributed by atoms with Gasteiger partial charge in [-0.05, 0) is 12.1 Å². The number of rotatable bonds is 6. The minimum atomic E-state index is -4.53. The Labute approximate surface area is 109 Å². The van der Waals surface area contributed by atoms with E-state index in [0.29, 0.717) is 0 Å². The van der Waals surface area contributed by atoms with E-state index in [2.05, 4.69) is 15.0 Å². The standard InChI is InChI=1S/C10H14F3N3O2S/c1-2-16-19(17,18)7-6-15-9-8(10(11,12)13)4-3-5-14-9/h3-5,16H,2,6-7H2,1H3,(H,14,15). The lowest BCUT2D eigenvalue weighted by molar-refractivity contribution is -0.137. The van der Waals surface area contributed by atoms with E-state index in [1.54, 1.807) is 6.92 Å². The zero-order valence-corrected chi connectivity index (χ0v) is 11.0. The van der Waals surface area contributed by atoms with E-state index in [1.807, 2.05) is 0 Å². The average Bonchev–Trinajstić information content (AvgIpc) is 2.28. The lowest BCUT2D eigenvalue weighted by atomic mass is 10.2. The molecule has 0 saturated carbocycles. The summed E-state index contributed by atoms with van der Waals surface area (Å²) in [5.41, 5.74) is -0.921. The fourth-order valence-electron chi connectivity index (χ4n) is 1.37. The topological polar surface area (TPSA) is 71.1 Å². The second kappa shape index (κ2) is 6.20. The van der Waals surface area contributed by atoms with Crippen molar-refractivity contribution in [2.24, 2.45) is 0 Å². The summed E-state index contributed by atoms with van der Waals surface area (Å²) in [6.45, 7) is 1.70. The SMILES string of the molecule is CCNS(=O)(=O)CCNc1ncccc1C(F)(F)F. The molecule has 0 spiro atoms. The minimum absolute atomic E-state index is 0.157. The Morgan fingerprint density at radius 2 is 2.05 bits per heavy atom. The molecule has 0 aliphatic rings. The highest BCUT2D eigenvalue weighted by atomic mass is 32.2. The summed E-state index contributed by atoms with van der Waals surface area (Å²) in [4.78, 5) is 3.56. The first kappa shape index (κ1) is 15.7. The number of halogens is 3. The van der Waals surface area contributed by atoms with Crippen molar-refractivity contribution in [3.05, 3.63) is 23.9 Å². The van der Waals surface area contributed by atoms with Crippen LogP contribution in [0.1, 0.15) is 12.5 Å². The summed E-state index contributed by atoms with van der Waals surface area (Å²) < 4.78 is 62.7. The molecular formula is C10H14F3N3O2S. The van der Waals surface area contributed by atoms with E-state index < -0.39 is 21.8 Å². The molecule has 0 aliphatic carbocycles. The fraction of sp³-hybridized carbons (Fsp3) is 0.500. The quantitative estimate of drug-likeness (QED) is 0.834. The zero-order chi connectivity index (χ0) is 14.5. The number of alkyl halides is 3. The second-order valence-corrected chi connectivity index (χ2v) is 5.57. The van der Waals surface area contributed by atoms with Crippen LogP contribution in [0.3, 0.4) is 0 Å². The minimum Gasteiger partial charge on any atom is -0.368 e. The van der Waals surface area contributed by atoms with E-state index in [1.165, 1.54) is 12.3 Å². The highest BCUT2D eigenvalue weighted by Crippen LogP contribution is 2.33. The molecule has 0 bridgehead atoms. The van der Waals surface area contributed by atoms with E-state index in [-0.39, 0.29) is 24.7 Å². The molecule has 5 nitrogen and oxygen atoms in total. The molecule has 9 heteroatoms. The molecular weight excluding hydrogens is 283 g/mol. The molecule has 1 rings (SSSR count). The number of pyridine rings is 1. The van der Waals surface area contributed by atoms with Gasteiger partial charge in [0.25, 0.3) is 0 Å². The molecule has 0 fully saturated rings. The van der Waals surface area contributed by atoms with E-state index in [9.17, 15) is 21.6 Å². The van der Waals surface area contributed by atoms with Crippen molar-refractivity contribution in [3.8, 4) is 0 Å². The Hall–Kier alpha value is -1.35. The van der Waals surface area contributed by atoms with Crippen LogP contribution in [0.5, 0.6) is 0 Å². The monoisotopic (exact) mass is 297 g/mol. The number of aromatic nitrogens is 1. The van der Waals surface area contributed by atoms with Crippen LogP contribution in [0.15, 0.2) is 18.3 Å². The Balaban J connectivity index is 2.69. The van der Waals surface area contributed by atoms with E-state index >= 15 is 0 Å². The molecule has 0 atom stereocenters. The molecule has 1 aromatic heterocycles. The predicted octanol–water partition coefficient (Wildman–Crippen LogP) is 1.45. The first-order chi connectivity index (χ1) is 8.76. The van der Waals surface area contributed by atoms with Crippen LogP contribution >= 0.6 is 0 Å². The van der Waals surface area contributed by atoms with Crippen LogP contribution in [0.4, 0.5) is 19.0 Å². The van der Waals surface area contributed by atoms with Gasteiger partial charge in [0, 0.05) is 19.3 Å². The predicted molar refractivity (Wildman–Crippen MR) is 65.2 cm³/mol. The number of hydrogen-bond donors (Lipinski definition) is 2. The molecule has 108 valence electrons. The lowest BCUT2D eigenvalue weighted by Gasteiger charge is -2.13. The molecule has 1 heterocycles. The van der Waals surface area contributed by atoms with Gasteiger partial charge in [-0.15, -0.1) is 0 Å². The Morgan fingerprint density at radius 1 is 1.37 bits per heavy atom. The third kappa shape index (κ3) is 5.03. The molecule has 0 unspecified atom stereocenters. The number of hydrogen-bond acceptors (Lipinski definition) is 4. The number of nitrogens with one attached hydrogen (secondary N) is 2. The third-order valence-corrected chi connectivity index (χ3v) is 3.61. The third-order valence-electron chi connectivity index (χ3n) is 2.14. The summed E-state index contributed by atoms with van der Waals surface area (Å²) >= 11 is 0. The van der Waals surface area contributed by atoms with Crippen LogP contribution in [-0.4, -0.2) is 32.2 Å². The number of anilines is 1. The maximum absolute atomic E-state index is 12.6. The summed E-state index contributed by atoms with van der Waals surface area (Å²) in [7, 11) is -3.47. The van der Waals surface area contributed by atoms with Gasteiger partial charge in [0.15, 0.2) is 0 Å². The van der Waals surface area contributed by atoms with Crippen LogP contribution in [0, 0.1) is 0 Å². The summed E-state index contributed by atoms with van der Waals surface area (Å²) in [5, 5.41) is 2.38. The van der Waals surface area contributed by atoms with Crippen molar-refractivity contribution in [2.75, 3.05) is 24.2 Å². The summed E-state index contributed by atoms with van der Waals surface area (Å²) in [6.07, 6.45) is -3.33. The number of sulfonamides is 1. The van der Waals surface area contributed by atoms with E-state index in [4.69, 9.17) is 0 Å². The van der Waals surface area contributed by atoms with Crippen molar-refractivity contribution in [1.29, 1.82) is 0 Å². The Kier molecular flexibility index (Phi) is 5.12. The van der Waals surface area contributed by atoms with Crippen molar-refractivity contribution in [1.82, 2.24) is 9.71 Å². The molecule has 0 amide bonds. The maximum atomic E-state index is 12.6. The first-order valence-electron chi connectivity index (χ1n) is 5.49. The van der Waals surface area contributed by atoms with Crippen LogP contribution in [0.2, 0.25) is 0 Å². The van der Waals surface area contributed by atoms with Crippen molar-refractivity contribution < 1.29 is 21.6 Å². The van der Waals surface area contributed by atoms with Gasteiger partial charge in [-0.3, -0.25) is 0 Å². The van der Waals surface area contributed by atoms with Gasteiger partial charge in [0.2, 0.25) is 10.0 Å². The molecule has 19 heavy (non-hydrogen) atoms. The fourth-order valence-corrected chi connectivity index (χ4v) is 2.33. The van der Waals surface area contributed by atoms with Crippen molar-refractivity contribution in [3.63, 3.8) is 0 Å². The number of nitrogens with zero attached hydrogens (tertiary/aromatic N) is 1. The normalized spacial score (nSPS) is 12.4. The van der Waals surface area contributed by atoms with Gasteiger partial charge >= 0.3 is 6.18 Å². The Bertz CT molecular complexity index is 517. The molecule has 1 aromatic rings. The van der Waals surface area contributed by atoms with Crippen LogP contribution in [-0.2, 0) is 16.2 Å². The second-order valence-electron chi connectivity index (χ2n) is 3.64. The summed E-state index contributed by atoms with van der Waals surface area (Å²) in [6, 6.07) is 2.05. The van der Waals surface area contributed by atoms with Crippen molar-refractivity contribution >= 4 is 15.8 Å². The maximum Gasteiger partial charge on any atom is 0.419 e. The van der Waals surface area contributed by atoms with Gasteiger partial charge < -0.3 is 5.32 Å². The highest BCUT2D eigenvalue weighted by Gasteiger charge is 2.34. The van der Waals surface area contributed by atoms with Gasteiger partial charge in [-0.25, -0.2) is 18.1 Å². The lowest BCUT2D eigenvalue weighted by Crippen LogP contribution is -2.29. The molecule has 0 radical (unpaired) electrons. The van der Waals surface area contributed by atoms with Crippen molar-refractivity contribution in [2.45, 2.75) is 13.1 Å². The molecule has 0 aromatic carbocycles. The molecule has 0 aliphatic heterocycles. The summed E-state index contributed by atoms with van der Waals surface area (Å²) in [5.74, 6) is -0.698. The van der Waals surface area contributed by atoms with Crippen LogP contribution < -0.4 is 10.0 Å². The smallest absolute Gasteiger partial charge is 0.368 e.